The van der Waals surface area contributed by atoms with Gasteiger partial charge in [-0.1, -0.05) is 54.1 Å². The van der Waals surface area contributed by atoms with Gasteiger partial charge >= 0.3 is 0 Å². The number of nitrogens with one attached hydrogen (secondary N) is 1. The average Bonchev–Trinajstić information content (AvgIpc) is 3.10. The minimum atomic E-state index is -3.45. The zero-order valence-electron chi connectivity index (χ0n) is 16.1. The van der Waals surface area contributed by atoms with Gasteiger partial charge in [0.1, 0.15) is 4.88 Å². The largest absolute Gasteiger partial charge is 0.379 e. The Labute approximate surface area is 184 Å². The summed E-state index contributed by atoms with van der Waals surface area (Å²) in [5, 5.41) is 4.18. The van der Waals surface area contributed by atoms with E-state index in [1.807, 2.05) is 36.4 Å². The average molecular weight is 465 g/mol. The van der Waals surface area contributed by atoms with Gasteiger partial charge in [0.2, 0.25) is 10.0 Å². The standard InChI is InChI=1S/C21H21ClN2O4S2/c22-19-17-7-3-4-8-18(17)29-20(19)21(25)23-13-15-5-1-2-6-16(15)14-30(26,27)24-9-11-28-12-10-24/h1-8H,9-14H2,(H,23,25). The molecular weight excluding hydrogens is 444 g/mol. The number of amides is 1. The molecule has 1 aromatic heterocycles. The molecule has 0 bridgehead atoms. The first-order valence-electron chi connectivity index (χ1n) is 9.53. The van der Waals surface area contributed by atoms with Crippen LogP contribution in [-0.4, -0.2) is 44.9 Å². The smallest absolute Gasteiger partial charge is 0.263 e. The molecule has 3 aromatic rings. The minimum absolute atomic E-state index is 0.108. The Balaban J connectivity index is 1.49. The summed E-state index contributed by atoms with van der Waals surface area (Å²) in [6, 6.07) is 14.8. The van der Waals surface area contributed by atoms with Crippen molar-refractivity contribution in [2.45, 2.75) is 12.3 Å². The summed E-state index contributed by atoms with van der Waals surface area (Å²) in [6.07, 6.45) is 0. The van der Waals surface area contributed by atoms with Gasteiger partial charge < -0.3 is 10.1 Å². The Morgan fingerprint density at radius 2 is 1.73 bits per heavy atom. The Morgan fingerprint density at radius 1 is 1.07 bits per heavy atom. The van der Waals surface area contributed by atoms with Gasteiger partial charge in [0, 0.05) is 29.7 Å². The lowest BCUT2D eigenvalue weighted by Gasteiger charge is -2.26. The molecule has 30 heavy (non-hydrogen) atoms. The van der Waals surface area contributed by atoms with Crippen LogP contribution in [0.15, 0.2) is 48.5 Å². The van der Waals surface area contributed by atoms with Crippen LogP contribution in [0.2, 0.25) is 5.02 Å². The summed E-state index contributed by atoms with van der Waals surface area (Å²) in [6.45, 7) is 1.77. The maximum atomic E-state index is 12.8. The van der Waals surface area contributed by atoms with Crippen LogP contribution in [-0.2, 0) is 27.1 Å². The first kappa shape index (κ1) is 21.3. The first-order chi connectivity index (χ1) is 14.5. The number of sulfonamides is 1. The Morgan fingerprint density at radius 3 is 2.47 bits per heavy atom. The van der Waals surface area contributed by atoms with Gasteiger partial charge in [0.05, 0.1) is 24.0 Å². The summed E-state index contributed by atoms with van der Waals surface area (Å²) in [5.74, 6) is -0.380. The van der Waals surface area contributed by atoms with E-state index in [9.17, 15) is 13.2 Å². The van der Waals surface area contributed by atoms with Crippen molar-refractivity contribution in [2.24, 2.45) is 0 Å². The van der Waals surface area contributed by atoms with E-state index in [0.717, 1.165) is 15.6 Å². The number of hydrogen-bond donors (Lipinski definition) is 1. The second-order valence-corrected chi connectivity index (χ2v) is 10.4. The summed E-state index contributed by atoms with van der Waals surface area (Å²) in [5.41, 5.74) is 1.44. The number of ether oxygens (including phenoxy) is 1. The fourth-order valence-electron chi connectivity index (χ4n) is 3.40. The van der Waals surface area contributed by atoms with Crippen molar-refractivity contribution in [1.29, 1.82) is 0 Å². The third-order valence-corrected chi connectivity index (χ3v) is 8.50. The number of carbonyl (C=O) groups is 1. The summed E-state index contributed by atoms with van der Waals surface area (Å²) in [4.78, 5) is 13.2. The quantitative estimate of drug-likeness (QED) is 0.604. The Bertz CT molecular complexity index is 1170. The monoisotopic (exact) mass is 464 g/mol. The molecular formula is C21H21ClN2O4S2. The second kappa shape index (κ2) is 9.03. The van der Waals surface area contributed by atoms with Crippen molar-refractivity contribution in [3.63, 3.8) is 0 Å². The van der Waals surface area contributed by atoms with Crippen molar-refractivity contribution in [1.82, 2.24) is 9.62 Å². The van der Waals surface area contributed by atoms with Crippen LogP contribution in [0.5, 0.6) is 0 Å². The number of carbonyl (C=O) groups excluding carboxylic acids is 1. The van der Waals surface area contributed by atoms with E-state index in [2.05, 4.69) is 5.32 Å². The molecule has 9 heteroatoms. The number of rotatable bonds is 6. The van der Waals surface area contributed by atoms with E-state index in [1.165, 1.54) is 15.6 Å². The molecule has 4 rings (SSSR count). The van der Waals surface area contributed by atoms with E-state index in [0.29, 0.717) is 41.8 Å². The zero-order chi connectivity index (χ0) is 21.1. The molecule has 2 heterocycles. The molecule has 158 valence electrons. The van der Waals surface area contributed by atoms with Gasteiger partial charge in [-0.15, -0.1) is 11.3 Å². The normalized spacial score (nSPS) is 15.4. The molecule has 0 aliphatic carbocycles. The van der Waals surface area contributed by atoms with Crippen molar-refractivity contribution < 1.29 is 17.9 Å². The molecule has 1 saturated heterocycles. The van der Waals surface area contributed by atoms with E-state index >= 15 is 0 Å². The number of nitrogens with zero attached hydrogens (tertiary/aromatic N) is 1. The SMILES string of the molecule is O=C(NCc1ccccc1CS(=O)(=O)N1CCOCC1)c1sc2ccccc2c1Cl. The number of benzene rings is 2. The molecule has 0 saturated carbocycles. The predicted molar refractivity (Wildman–Crippen MR) is 119 cm³/mol. The summed E-state index contributed by atoms with van der Waals surface area (Å²) in [7, 11) is -3.45. The molecule has 0 radical (unpaired) electrons. The van der Waals surface area contributed by atoms with E-state index in [4.69, 9.17) is 16.3 Å². The van der Waals surface area contributed by atoms with Crippen LogP contribution in [0, 0.1) is 0 Å². The molecule has 0 unspecified atom stereocenters. The zero-order valence-corrected chi connectivity index (χ0v) is 18.5. The van der Waals surface area contributed by atoms with Gasteiger partial charge in [-0.05, 0) is 17.2 Å². The highest BCUT2D eigenvalue weighted by Crippen LogP contribution is 2.35. The van der Waals surface area contributed by atoms with E-state index in [-0.39, 0.29) is 18.2 Å². The van der Waals surface area contributed by atoms with Crippen LogP contribution < -0.4 is 5.32 Å². The van der Waals surface area contributed by atoms with Crippen LogP contribution in [0.4, 0.5) is 0 Å². The highest BCUT2D eigenvalue weighted by Gasteiger charge is 2.25. The van der Waals surface area contributed by atoms with Crippen molar-refractivity contribution in [2.75, 3.05) is 26.3 Å². The highest BCUT2D eigenvalue weighted by atomic mass is 35.5. The number of halogens is 1. The van der Waals surface area contributed by atoms with Gasteiger partial charge in [-0.3, -0.25) is 4.79 Å². The molecule has 1 amide bonds. The maximum Gasteiger partial charge on any atom is 0.263 e. The van der Waals surface area contributed by atoms with Crippen LogP contribution in [0.1, 0.15) is 20.8 Å². The minimum Gasteiger partial charge on any atom is -0.379 e. The van der Waals surface area contributed by atoms with Gasteiger partial charge in [-0.2, -0.15) is 4.31 Å². The summed E-state index contributed by atoms with van der Waals surface area (Å²) < 4.78 is 33.2. The Hall–Kier alpha value is -1.97. The number of fused-ring (bicyclic) bond motifs is 1. The lowest BCUT2D eigenvalue weighted by atomic mass is 10.1. The molecule has 1 N–H and O–H groups in total. The number of hydrogen-bond acceptors (Lipinski definition) is 5. The lowest BCUT2D eigenvalue weighted by molar-refractivity contribution is 0.0729. The Kier molecular flexibility index (Phi) is 6.40. The van der Waals surface area contributed by atoms with Gasteiger partial charge in [0.25, 0.3) is 5.91 Å². The number of thiophene rings is 1. The highest BCUT2D eigenvalue weighted by molar-refractivity contribution is 7.88. The first-order valence-corrected chi connectivity index (χ1v) is 12.3. The molecule has 0 spiro atoms. The lowest BCUT2D eigenvalue weighted by Crippen LogP contribution is -2.41. The molecule has 6 nitrogen and oxygen atoms in total. The van der Waals surface area contributed by atoms with Crippen molar-refractivity contribution >= 4 is 49.0 Å². The van der Waals surface area contributed by atoms with E-state index in [1.54, 1.807) is 12.1 Å². The van der Waals surface area contributed by atoms with Crippen LogP contribution in [0.3, 0.4) is 0 Å². The predicted octanol–water partition coefficient (Wildman–Crippen LogP) is 3.65. The maximum absolute atomic E-state index is 12.8. The molecule has 1 aliphatic heterocycles. The summed E-state index contributed by atoms with van der Waals surface area (Å²) >= 11 is 7.73. The van der Waals surface area contributed by atoms with Gasteiger partial charge in [-0.25, -0.2) is 8.42 Å². The second-order valence-electron chi connectivity index (χ2n) is 6.96. The third kappa shape index (κ3) is 4.53. The fourth-order valence-corrected chi connectivity index (χ4v) is 6.40. The molecule has 1 fully saturated rings. The third-order valence-electron chi connectivity index (χ3n) is 5.00. The van der Waals surface area contributed by atoms with E-state index < -0.39 is 10.0 Å². The van der Waals surface area contributed by atoms with Crippen molar-refractivity contribution in [3.8, 4) is 0 Å². The van der Waals surface area contributed by atoms with Crippen molar-refractivity contribution in [3.05, 3.63) is 69.6 Å². The van der Waals surface area contributed by atoms with Crippen LogP contribution in [0.25, 0.3) is 10.1 Å². The molecule has 1 aliphatic rings. The topological polar surface area (TPSA) is 75.7 Å². The molecule has 0 atom stereocenters. The fraction of sp³-hybridized carbons (Fsp3) is 0.286. The van der Waals surface area contributed by atoms with Crippen LogP contribution >= 0.6 is 22.9 Å². The molecule has 2 aromatic carbocycles. The van der Waals surface area contributed by atoms with Gasteiger partial charge in [0.15, 0.2) is 0 Å². The number of morpholine rings is 1.